The fourth-order valence-corrected chi connectivity index (χ4v) is 4.98. The summed E-state index contributed by atoms with van der Waals surface area (Å²) in [6.45, 7) is 3.84. The third kappa shape index (κ3) is 2.28. The van der Waals surface area contributed by atoms with Crippen molar-refractivity contribution in [3.05, 3.63) is 12.3 Å². The quantitative estimate of drug-likeness (QED) is 0.886. The van der Waals surface area contributed by atoms with Crippen LogP contribution < -0.4 is 15.1 Å². The summed E-state index contributed by atoms with van der Waals surface area (Å²) in [6.07, 6.45) is 9.07. The Bertz CT molecular complexity index is 676. The number of ether oxygens (including phenoxy) is 1. The number of hydrogen-bond acceptors (Lipinski definition) is 6. The number of carbonyl (C=O) groups is 1. The zero-order valence-electron chi connectivity index (χ0n) is 14.5. The molecule has 0 aromatic carbocycles. The Labute approximate surface area is 147 Å². The third-order valence-electron chi connectivity index (χ3n) is 6.62. The second kappa shape index (κ2) is 5.47. The van der Waals surface area contributed by atoms with Gasteiger partial charge in [-0.2, -0.15) is 4.98 Å². The molecular formula is C18H25N5O2. The molecule has 7 nitrogen and oxygen atoms in total. The van der Waals surface area contributed by atoms with Crippen molar-refractivity contribution in [2.45, 2.75) is 56.1 Å². The molecule has 4 heterocycles. The first-order valence-corrected chi connectivity index (χ1v) is 9.54. The lowest BCUT2D eigenvalue weighted by atomic mass is 9.62. The van der Waals surface area contributed by atoms with Crippen LogP contribution in [0.2, 0.25) is 0 Å². The van der Waals surface area contributed by atoms with Crippen molar-refractivity contribution in [3.8, 4) is 0 Å². The second-order valence-electron chi connectivity index (χ2n) is 7.84. The molecule has 25 heavy (non-hydrogen) atoms. The number of alkyl carbamates (subject to hydrolysis) is 1. The lowest BCUT2D eigenvalue weighted by Gasteiger charge is -2.51. The predicted molar refractivity (Wildman–Crippen MR) is 93.9 cm³/mol. The fourth-order valence-electron chi connectivity index (χ4n) is 4.98. The smallest absolute Gasteiger partial charge is 0.408 e. The van der Waals surface area contributed by atoms with Crippen LogP contribution >= 0.6 is 0 Å². The molecule has 4 fully saturated rings. The van der Waals surface area contributed by atoms with E-state index in [-0.39, 0.29) is 17.2 Å². The first kappa shape index (κ1) is 15.2. The molecular weight excluding hydrogens is 318 g/mol. The van der Waals surface area contributed by atoms with Gasteiger partial charge in [-0.15, -0.1) is 0 Å². The lowest BCUT2D eigenvalue weighted by Crippen LogP contribution is -2.64. The molecule has 1 aliphatic carbocycles. The van der Waals surface area contributed by atoms with Gasteiger partial charge in [-0.05, 0) is 38.2 Å². The Kier molecular flexibility index (Phi) is 3.33. The van der Waals surface area contributed by atoms with Crippen LogP contribution in [0.4, 0.5) is 16.6 Å². The molecule has 0 bridgehead atoms. The Morgan fingerprint density at radius 1 is 1.00 bits per heavy atom. The van der Waals surface area contributed by atoms with Crippen LogP contribution in [0, 0.1) is 0 Å². The maximum Gasteiger partial charge on any atom is 0.408 e. The Morgan fingerprint density at radius 2 is 1.76 bits per heavy atom. The van der Waals surface area contributed by atoms with Gasteiger partial charge in [0.25, 0.3) is 0 Å². The standard InChI is InChI=1S/C18H25N5O2/c24-16-21-17(5-3-6-17)18(25-16)7-12-23(13-8-18)15-19-9-4-14(20-15)22-10-1-2-11-22/h4,9H,1-3,5-8,10-13H2,(H,21,24). The number of nitrogens with zero attached hydrogens (tertiary/aromatic N) is 4. The van der Waals surface area contributed by atoms with E-state index in [1.807, 2.05) is 12.3 Å². The normalized spacial score (nSPS) is 26.6. The summed E-state index contributed by atoms with van der Waals surface area (Å²) in [5, 5.41) is 3.11. The number of nitrogens with one attached hydrogen (secondary N) is 1. The van der Waals surface area contributed by atoms with Crippen molar-refractivity contribution >= 4 is 17.9 Å². The Balaban J connectivity index is 1.32. The first-order valence-electron chi connectivity index (χ1n) is 9.54. The highest BCUT2D eigenvalue weighted by molar-refractivity contribution is 5.73. The number of amides is 1. The lowest BCUT2D eigenvalue weighted by molar-refractivity contribution is -0.0510. The van der Waals surface area contributed by atoms with Crippen LogP contribution in [-0.4, -0.2) is 53.4 Å². The molecule has 1 aromatic rings. The molecule has 5 rings (SSSR count). The second-order valence-corrected chi connectivity index (χ2v) is 7.84. The summed E-state index contributed by atoms with van der Waals surface area (Å²) >= 11 is 0. The Morgan fingerprint density at radius 3 is 2.44 bits per heavy atom. The van der Waals surface area contributed by atoms with Gasteiger partial charge in [-0.1, -0.05) is 0 Å². The Hall–Kier alpha value is -2.05. The average molecular weight is 343 g/mol. The zero-order valence-corrected chi connectivity index (χ0v) is 14.5. The van der Waals surface area contributed by atoms with E-state index in [0.717, 1.165) is 63.6 Å². The first-order chi connectivity index (χ1) is 12.2. The van der Waals surface area contributed by atoms with Gasteiger partial charge in [0, 0.05) is 45.2 Å². The van der Waals surface area contributed by atoms with Crippen LogP contribution in [-0.2, 0) is 4.74 Å². The summed E-state index contributed by atoms with van der Waals surface area (Å²) in [5.41, 5.74) is -0.445. The van der Waals surface area contributed by atoms with E-state index in [1.54, 1.807) is 0 Å². The maximum atomic E-state index is 11.9. The number of fused-ring (bicyclic) bond motifs is 1. The van der Waals surface area contributed by atoms with Gasteiger partial charge >= 0.3 is 6.09 Å². The molecule has 3 aliphatic heterocycles. The molecule has 4 aliphatic rings. The summed E-state index contributed by atoms with van der Waals surface area (Å²) in [7, 11) is 0. The van der Waals surface area contributed by atoms with E-state index >= 15 is 0 Å². The van der Waals surface area contributed by atoms with Crippen molar-refractivity contribution in [2.75, 3.05) is 36.0 Å². The summed E-state index contributed by atoms with van der Waals surface area (Å²) in [5.74, 6) is 1.84. The van der Waals surface area contributed by atoms with Gasteiger partial charge in [0.05, 0.1) is 5.54 Å². The van der Waals surface area contributed by atoms with Gasteiger partial charge in [0.15, 0.2) is 0 Å². The molecule has 2 spiro atoms. The van der Waals surface area contributed by atoms with E-state index in [1.165, 1.54) is 19.3 Å². The molecule has 1 aromatic heterocycles. The van der Waals surface area contributed by atoms with Crippen molar-refractivity contribution < 1.29 is 9.53 Å². The molecule has 0 unspecified atom stereocenters. The summed E-state index contributed by atoms with van der Waals surface area (Å²) < 4.78 is 5.81. The van der Waals surface area contributed by atoms with Crippen molar-refractivity contribution in [3.63, 3.8) is 0 Å². The van der Waals surface area contributed by atoms with Crippen LogP contribution in [0.15, 0.2) is 12.3 Å². The van der Waals surface area contributed by atoms with Crippen LogP contribution in [0.25, 0.3) is 0 Å². The van der Waals surface area contributed by atoms with Crippen molar-refractivity contribution in [1.29, 1.82) is 0 Å². The molecule has 7 heteroatoms. The molecule has 0 radical (unpaired) electrons. The predicted octanol–water partition coefficient (Wildman–Crippen LogP) is 2.08. The highest BCUT2D eigenvalue weighted by Gasteiger charge is 2.63. The van der Waals surface area contributed by atoms with Gasteiger partial charge in [0.1, 0.15) is 11.4 Å². The SMILES string of the molecule is O=C1NC2(CCC2)C2(CCN(c3nccc(N4CCCC4)n3)CC2)O1. The highest BCUT2D eigenvalue weighted by atomic mass is 16.6. The number of aromatic nitrogens is 2. The molecule has 1 amide bonds. The van der Waals surface area contributed by atoms with Crippen molar-refractivity contribution in [1.82, 2.24) is 15.3 Å². The van der Waals surface area contributed by atoms with E-state index in [9.17, 15) is 4.79 Å². The number of hydrogen-bond donors (Lipinski definition) is 1. The van der Waals surface area contributed by atoms with E-state index in [4.69, 9.17) is 9.72 Å². The summed E-state index contributed by atoms with van der Waals surface area (Å²) in [6, 6.07) is 2.01. The van der Waals surface area contributed by atoms with Crippen LogP contribution in [0.3, 0.4) is 0 Å². The maximum absolute atomic E-state index is 11.9. The van der Waals surface area contributed by atoms with Gasteiger partial charge in [-0.3, -0.25) is 0 Å². The van der Waals surface area contributed by atoms with E-state index < -0.39 is 0 Å². The zero-order chi connectivity index (χ0) is 16.9. The van der Waals surface area contributed by atoms with Gasteiger partial charge in [0.2, 0.25) is 5.95 Å². The number of carbonyl (C=O) groups excluding carboxylic acids is 1. The van der Waals surface area contributed by atoms with Gasteiger partial charge < -0.3 is 19.9 Å². The molecule has 3 saturated heterocycles. The van der Waals surface area contributed by atoms with E-state index in [2.05, 4.69) is 20.1 Å². The van der Waals surface area contributed by atoms with Crippen LogP contribution in [0.1, 0.15) is 44.9 Å². The minimum atomic E-state index is -0.328. The molecule has 0 atom stereocenters. The third-order valence-corrected chi connectivity index (χ3v) is 6.62. The monoisotopic (exact) mass is 343 g/mol. The van der Waals surface area contributed by atoms with Crippen molar-refractivity contribution in [2.24, 2.45) is 0 Å². The number of rotatable bonds is 2. The molecule has 134 valence electrons. The van der Waals surface area contributed by atoms with Gasteiger partial charge in [-0.25, -0.2) is 9.78 Å². The number of anilines is 2. The highest BCUT2D eigenvalue weighted by Crippen LogP contribution is 2.51. The minimum absolute atomic E-state index is 0.117. The number of piperidine rings is 1. The molecule has 1 saturated carbocycles. The van der Waals surface area contributed by atoms with Crippen LogP contribution in [0.5, 0.6) is 0 Å². The minimum Gasteiger partial charge on any atom is -0.440 e. The largest absolute Gasteiger partial charge is 0.440 e. The molecule has 1 N–H and O–H groups in total. The topological polar surface area (TPSA) is 70.6 Å². The van der Waals surface area contributed by atoms with E-state index in [0.29, 0.717) is 0 Å². The average Bonchev–Trinajstić information content (AvgIpc) is 3.22. The fraction of sp³-hybridized carbons (Fsp3) is 0.722. The summed E-state index contributed by atoms with van der Waals surface area (Å²) in [4.78, 5) is 25.8.